The third-order valence-corrected chi connectivity index (χ3v) is 5.35. The lowest BCUT2D eigenvalue weighted by Crippen LogP contribution is -2.05. The molecule has 0 fully saturated rings. The Bertz CT molecular complexity index is 1130. The van der Waals surface area contributed by atoms with Crippen LogP contribution < -0.4 is 10.1 Å². The average Bonchev–Trinajstić information content (AvgIpc) is 2.72. The summed E-state index contributed by atoms with van der Waals surface area (Å²) in [6.45, 7) is 3.07. The van der Waals surface area contributed by atoms with E-state index in [1.54, 1.807) is 6.07 Å². The Morgan fingerprint density at radius 2 is 1.62 bits per heavy atom. The molecule has 0 aliphatic rings. The summed E-state index contributed by atoms with van der Waals surface area (Å²) in [6.07, 6.45) is 0. The highest BCUT2D eigenvalue weighted by atomic mass is 35.5. The first-order valence-corrected chi connectivity index (χ1v) is 10.2. The van der Waals surface area contributed by atoms with Gasteiger partial charge in [-0.2, -0.15) is 0 Å². The van der Waals surface area contributed by atoms with Gasteiger partial charge in [-0.05, 0) is 36.1 Å². The molecular weight excluding hydrogens is 401 g/mol. The summed E-state index contributed by atoms with van der Waals surface area (Å²) in [5, 5.41) is 6.97. The quantitative estimate of drug-likeness (QED) is 0.345. The Hall–Kier alpha value is -2.68. The predicted molar refractivity (Wildman–Crippen MR) is 123 cm³/mol. The van der Waals surface area contributed by atoms with Crippen molar-refractivity contribution in [1.29, 1.82) is 0 Å². The van der Waals surface area contributed by atoms with Crippen molar-refractivity contribution in [2.75, 3.05) is 5.32 Å². The zero-order valence-corrected chi connectivity index (χ0v) is 17.6. The van der Waals surface area contributed by atoms with Crippen molar-refractivity contribution in [2.24, 2.45) is 0 Å². The molecule has 0 heterocycles. The van der Waals surface area contributed by atoms with E-state index in [1.165, 1.54) is 16.3 Å². The topological polar surface area (TPSA) is 21.3 Å². The maximum Gasteiger partial charge on any atom is 0.143 e. The summed E-state index contributed by atoms with van der Waals surface area (Å²) in [4.78, 5) is 0. The summed E-state index contributed by atoms with van der Waals surface area (Å²) in [6, 6.07) is 26.4. The van der Waals surface area contributed by atoms with Gasteiger partial charge in [-0.3, -0.25) is 0 Å². The molecule has 0 bridgehead atoms. The van der Waals surface area contributed by atoms with Gasteiger partial charge in [-0.1, -0.05) is 89.4 Å². The Morgan fingerprint density at radius 3 is 2.45 bits per heavy atom. The van der Waals surface area contributed by atoms with Crippen LogP contribution in [0.1, 0.15) is 16.7 Å². The number of nitrogens with one attached hydrogen (secondary N) is 1. The van der Waals surface area contributed by atoms with Gasteiger partial charge in [0.2, 0.25) is 0 Å². The van der Waals surface area contributed by atoms with E-state index in [1.807, 2.05) is 24.3 Å². The van der Waals surface area contributed by atoms with E-state index in [4.69, 9.17) is 27.9 Å². The van der Waals surface area contributed by atoms with E-state index in [0.717, 1.165) is 16.8 Å². The highest BCUT2D eigenvalue weighted by molar-refractivity contribution is 6.35. The standard InChI is InChI=1S/C25H21Cl2NO/c1-17-9-11-18(12-10-17)16-29-25-20(13-21(26)14-23(25)27)15-28-24-8-4-6-19-5-2-3-7-22(19)24/h2-14,28H,15-16H2,1H3. The molecule has 4 aromatic carbocycles. The summed E-state index contributed by atoms with van der Waals surface area (Å²) in [5.74, 6) is 0.657. The van der Waals surface area contributed by atoms with Gasteiger partial charge in [0.05, 0.1) is 5.02 Å². The van der Waals surface area contributed by atoms with Crippen molar-refractivity contribution in [3.05, 3.63) is 106 Å². The third kappa shape index (κ3) is 4.67. The zero-order chi connectivity index (χ0) is 20.2. The van der Waals surface area contributed by atoms with Gasteiger partial charge in [-0.15, -0.1) is 0 Å². The molecule has 2 nitrogen and oxygen atoms in total. The van der Waals surface area contributed by atoms with Crippen molar-refractivity contribution in [2.45, 2.75) is 20.1 Å². The van der Waals surface area contributed by atoms with Crippen LogP contribution in [0.5, 0.6) is 5.75 Å². The van der Waals surface area contributed by atoms with Crippen LogP contribution in [0.2, 0.25) is 10.0 Å². The van der Waals surface area contributed by atoms with Crippen molar-refractivity contribution >= 4 is 39.7 Å². The fourth-order valence-electron chi connectivity index (χ4n) is 3.32. The van der Waals surface area contributed by atoms with Crippen LogP contribution in [0, 0.1) is 6.92 Å². The molecule has 29 heavy (non-hydrogen) atoms. The SMILES string of the molecule is Cc1ccc(COc2c(Cl)cc(Cl)cc2CNc2cccc3ccccc23)cc1. The molecule has 4 heteroatoms. The van der Waals surface area contributed by atoms with Crippen molar-refractivity contribution in [3.63, 3.8) is 0 Å². The monoisotopic (exact) mass is 421 g/mol. The first kappa shape index (κ1) is 19.6. The van der Waals surface area contributed by atoms with Crippen LogP contribution in [-0.2, 0) is 13.2 Å². The molecular formula is C25H21Cl2NO. The number of anilines is 1. The summed E-state index contributed by atoms with van der Waals surface area (Å²) in [5.41, 5.74) is 4.29. The molecule has 1 N–H and O–H groups in total. The van der Waals surface area contributed by atoms with Crippen molar-refractivity contribution < 1.29 is 4.74 Å². The van der Waals surface area contributed by atoms with E-state index in [-0.39, 0.29) is 0 Å². The predicted octanol–water partition coefficient (Wildman–Crippen LogP) is 7.65. The molecule has 0 spiro atoms. The Labute approximate surface area is 181 Å². The van der Waals surface area contributed by atoms with Crippen LogP contribution in [0.15, 0.2) is 78.9 Å². The van der Waals surface area contributed by atoms with E-state index in [0.29, 0.717) is 28.9 Å². The molecule has 0 aliphatic heterocycles. The lowest BCUT2D eigenvalue weighted by atomic mass is 10.1. The van der Waals surface area contributed by atoms with Crippen LogP contribution in [0.4, 0.5) is 5.69 Å². The summed E-state index contributed by atoms with van der Waals surface area (Å²) >= 11 is 12.7. The molecule has 4 rings (SSSR count). The third-order valence-electron chi connectivity index (χ3n) is 4.85. The van der Waals surface area contributed by atoms with Crippen LogP contribution in [0.3, 0.4) is 0 Å². The largest absolute Gasteiger partial charge is 0.487 e. The van der Waals surface area contributed by atoms with Crippen LogP contribution in [0.25, 0.3) is 10.8 Å². The second-order valence-corrected chi connectivity index (χ2v) is 7.87. The number of hydrogen-bond donors (Lipinski definition) is 1. The van der Waals surface area contributed by atoms with E-state index < -0.39 is 0 Å². The van der Waals surface area contributed by atoms with Crippen LogP contribution >= 0.6 is 23.2 Å². The Kier molecular flexibility index (Phi) is 5.94. The number of fused-ring (bicyclic) bond motifs is 1. The van der Waals surface area contributed by atoms with Gasteiger partial charge in [-0.25, -0.2) is 0 Å². The molecule has 0 radical (unpaired) electrons. The number of benzene rings is 4. The van der Waals surface area contributed by atoms with Gasteiger partial charge in [0.15, 0.2) is 0 Å². The number of aryl methyl sites for hydroxylation is 1. The van der Waals surface area contributed by atoms with E-state index in [2.05, 4.69) is 60.8 Å². The van der Waals surface area contributed by atoms with Gasteiger partial charge in [0.1, 0.15) is 12.4 Å². The highest BCUT2D eigenvalue weighted by Gasteiger charge is 2.12. The smallest absolute Gasteiger partial charge is 0.143 e. The fourth-order valence-corrected chi connectivity index (χ4v) is 3.91. The Balaban J connectivity index is 1.57. The number of rotatable bonds is 6. The normalized spacial score (nSPS) is 10.9. The van der Waals surface area contributed by atoms with Gasteiger partial charge < -0.3 is 10.1 Å². The van der Waals surface area contributed by atoms with E-state index in [9.17, 15) is 0 Å². The van der Waals surface area contributed by atoms with Gasteiger partial charge >= 0.3 is 0 Å². The lowest BCUT2D eigenvalue weighted by molar-refractivity contribution is 0.303. The molecule has 0 saturated heterocycles. The molecule has 0 saturated carbocycles. The molecule has 0 amide bonds. The fraction of sp³-hybridized carbons (Fsp3) is 0.120. The Morgan fingerprint density at radius 1 is 0.862 bits per heavy atom. The first-order chi connectivity index (χ1) is 14.1. The molecule has 146 valence electrons. The lowest BCUT2D eigenvalue weighted by Gasteiger charge is -2.16. The molecule has 0 unspecified atom stereocenters. The first-order valence-electron chi connectivity index (χ1n) is 9.48. The molecule has 4 aromatic rings. The van der Waals surface area contributed by atoms with Crippen molar-refractivity contribution in [3.8, 4) is 5.75 Å². The number of hydrogen-bond acceptors (Lipinski definition) is 2. The van der Waals surface area contributed by atoms with Crippen LogP contribution in [-0.4, -0.2) is 0 Å². The highest BCUT2D eigenvalue weighted by Crippen LogP contribution is 2.34. The van der Waals surface area contributed by atoms with Gasteiger partial charge in [0, 0.05) is 28.2 Å². The maximum absolute atomic E-state index is 6.47. The zero-order valence-electron chi connectivity index (χ0n) is 16.1. The number of ether oxygens (including phenoxy) is 1. The second kappa shape index (κ2) is 8.77. The summed E-state index contributed by atoms with van der Waals surface area (Å²) in [7, 11) is 0. The minimum atomic E-state index is 0.447. The minimum Gasteiger partial charge on any atom is -0.487 e. The second-order valence-electron chi connectivity index (χ2n) is 7.03. The van der Waals surface area contributed by atoms with Crippen molar-refractivity contribution in [1.82, 2.24) is 0 Å². The molecule has 0 atom stereocenters. The number of halogens is 2. The average molecular weight is 422 g/mol. The molecule has 0 aliphatic carbocycles. The summed E-state index contributed by atoms with van der Waals surface area (Å²) < 4.78 is 6.09. The molecule has 0 aromatic heterocycles. The van der Waals surface area contributed by atoms with E-state index >= 15 is 0 Å². The minimum absolute atomic E-state index is 0.447. The maximum atomic E-state index is 6.47. The van der Waals surface area contributed by atoms with Gasteiger partial charge in [0.25, 0.3) is 0 Å².